The number of carboxylic acids is 1. The van der Waals surface area contributed by atoms with E-state index in [2.05, 4.69) is 0 Å². The third-order valence-corrected chi connectivity index (χ3v) is 8.22. The van der Waals surface area contributed by atoms with Crippen LogP contribution in [0, 0.1) is 11.1 Å². The van der Waals surface area contributed by atoms with Crippen molar-refractivity contribution in [3.8, 4) is 0 Å². The molecule has 2 N–H and O–H groups in total. The van der Waals surface area contributed by atoms with E-state index >= 15 is 0 Å². The fraction of sp³-hybridized carbons (Fsp3) is 0.375. The van der Waals surface area contributed by atoms with Crippen LogP contribution in [-0.4, -0.2) is 46.2 Å². The Morgan fingerprint density at radius 1 is 0.842 bits per heavy atom. The molecular formula is C32H37NO5. The number of hydrogen-bond donors (Lipinski definition) is 2. The van der Waals surface area contributed by atoms with E-state index in [-0.39, 0.29) is 22.8 Å². The second-order valence-corrected chi connectivity index (χ2v) is 11.0. The number of benzene rings is 3. The second-order valence-electron chi connectivity index (χ2n) is 11.0. The monoisotopic (exact) mass is 515 g/mol. The van der Waals surface area contributed by atoms with E-state index in [0.717, 1.165) is 11.1 Å². The van der Waals surface area contributed by atoms with E-state index in [1.807, 2.05) is 60.7 Å². The molecule has 1 aliphatic rings. The molecule has 1 aliphatic heterocycles. The molecular weight excluding hydrogens is 478 g/mol. The summed E-state index contributed by atoms with van der Waals surface area (Å²) < 4.78 is -0.352. The molecule has 0 aromatic heterocycles. The maximum Gasteiger partial charge on any atom is 0.313 e. The van der Waals surface area contributed by atoms with Crippen LogP contribution in [0.1, 0.15) is 66.6 Å². The van der Waals surface area contributed by atoms with Crippen LogP contribution in [0.2, 0.25) is 0 Å². The molecule has 0 radical (unpaired) electrons. The van der Waals surface area contributed by atoms with Gasteiger partial charge >= 0.3 is 5.97 Å². The van der Waals surface area contributed by atoms with Gasteiger partial charge in [0.25, 0.3) is 0 Å². The van der Waals surface area contributed by atoms with Crippen molar-refractivity contribution in [2.24, 2.45) is 5.92 Å². The molecule has 38 heavy (non-hydrogen) atoms. The number of ketones is 1. The molecule has 1 heterocycles. The molecule has 0 aliphatic carbocycles. The van der Waals surface area contributed by atoms with E-state index < -0.39 is 17.0 Å². The zero-order valence-electron chi connectivity index (χ0n) is 22.2. The summed E-state index contributed by atoms with van der Waals surface area (Å²) in [6, 6.07) is 26.1. The summed E-state index contributed by atoms with van der Waals surface area (Å²) >= 11 is 0. The standard InChI is InChI=1S/C32H37NO5/c1-31(2,30(35)36)25-17-15-24(16-18-25)29(34)14-9-21-33(38)22-19-28(20-23-33)32(37,26-10-5-3-6-11-26)27-12-7-4-8-13-27/h3-8,10-13,15-18,28,37H,9,14,19-23H2,1-2H3,(H,35,36). The van der Waals surface area contributed by atoms with Gasteiger partial charge in [0.05, 0.1) is 25.0 Å². The number of carbonyl (C=O) groups is 2. The van der Waals surface area contributed by atoms with Gasteiger partial charge in [-0.1, -0.05) is 84.9 Å². The number of carboxylic acid groups (broad SMARTS) is 1. The Labute approximate surface area is 224 Å². The Bertz CT molecular complexity index is 1190. The summed E-state index contributed by atoms with van der Waals surface area (Å²) in [5.41, 5.74) is 0.655. The van der Waals surface area contributed by atoms with E-state index in [1.54, 1.807) is 38.1 Å². The summed E-state index contributed by atoms with van der Waals surface area (Å²) in [5.74, 6) is -1.05. The molecule has 1 saturated heterocycles. The number of hydrogen-bond acceptors (Lipinski definition) is 4. The van der Waals surface area contributed by atoms with Crippen LogP contribution < -0.4 is 0 Å². The summed E-state index contributed by atoms with van der Waals surface area (Å²) in [5, 5.41) is 34.9. The van der Waals surface area contributed by atoms with E-state index in [9.17, 15) is 25.0 Å². The zero-order valence-corrected chi connectivity index (χ0v) is 22.2. The first-order chi connectivity index (χ1) is 18.1. The highest BCUT2D eigenvalue weighted by atomic mass is 16.5. The van der Waals surface area contributed by atoms with Gasteiger partial charge in [-0.25, -0.2) is 0 Å². The highest BCUT2D eigenvalue weighted by molar-refractivity contribution is 5.96. The van der Waals surface area contributed by atoms with Gasteiger partial charge < -0.3 is 20.1 Å². The number of aliphatic hydroxyl groups is 1. The highest BCUT2D eigenvalue weighted by Gasteiger charge is 2.43. The number of nitrogens with zero attached hydrogens (tertiary/aromatic N) is 1. The van der Waals surface area contributed by atoms with Gasteiger partial charge in [0.1, 0.15) is 5.60 Å². The first-order valence-corrected chi connectivity index (χ1v) is 13.3. The fourth-order valence-corrected chi connectivity index (χ4v) is 5.57. The number of hydroxylamine groups is 3. The first-order valence-electron chi connectivity index (χ1n) is 13.3. The van der Waals surface area contributed by atoms with Crippen LogP contribution in [0.5, 0.6) is 0 Å². The summed E-state index contributed by atoms with van der Waals surface area (Å²) in [7, 11) is 0. The maximum atomic E-state index is 13.5. The Hall–Kier alpha value is -3.32. The quantitative estimate of drug-likeness (QED) is 0.206. The number of quaternary nitrogens is 1. The maximum absolute atomic E-state index is 13.5. The van der Waals surface area contributed by atoms with Crippen LogP contribution in [0.15, 0.2) is 84.9 Å². The predicted octanol–water partition coefficient (Wildman–Crippen LogP) is 5.67. The highest BCUT2D eigenvalue weighted by Crippen LogP contribution is 2.43. The number of likely N-dealkylation sites (tertiary alicyclic amines) is 1. The zero-order chi connectivity index (χ0) is 27.4. The van der Waals surface area contributed by atoms with Crippen LogP contribution in [-0.2, 0) is 15.8 Å². The third kappa shape index (κ3) is 5.73. The molecule has 0 amide bonds. The lowest BCUT2D eigenvalue weighted by Gasteiger charge is -2.50. The number of rotatable bonds is 10. The Balaban J connectivity index is 1.36. The lowest BCUT2D eigenvalue weighted by atomic mass is 9.72. The fourth-order valence-electron chi connectivity index (χ4n) is 5.57. The van der Waals surface area contributed by atoms with Gasteiger partial charge in [-0.15, -0.1) is 0 Å². The second kappa shape index (κ2) is 11.2. The Morgan fingerprint density at radius 2 is 1.34 bits per heavy atom. The SMILES string of the molecule is CC(C)(C(=O)O)c1ccc(C(=O)CCC[N+]2([O-])CCC(C(O)(c3ccccc3)c3ccccc3)CC2)cc1. The normalized spacial score (nSPS) is 20.2. The molecule has 0 saturated carbocycles. The first kappa shape index (κ1) is 27.7. The lowest BCUT2D eigenvalue weighted by molar-refractivity contribution is -0.887. The van der Waals surface area contributed by atoms with E-state index in [4.69, 9.17) is 0 Å². The Morgan fingerprint density at radius 3 is 1.82 bits per heavy atom. The minimum absolute atomic E-state index is 0.0475. The minimum atomic E-state index is -1.16. The van der Waals surface area contributed by atoms with E-state index in [0.29, 0.717) is 50.0 Å². The number of Topliss-reactive ketones (excluding diaryl/α,β-unsaturated/α-hetero) is 1. The molecule has 6 heteroatoms. The average molecular weight is 516 g/mol. The predicted molar refractivity (Wildman–Crippen MR) is 148 cm³/mol. The molecule has 0 unspecified atom stereocenters. The van der Waals surface area contributed by atoms with Crippen molar-refractivity contribution in [3.05, 3.63) is 112 Å². The summed E-state index contributed by atoms with van der Waals surface area (Å²) in [6.45, 7) is 4.43. The number of piperidine rings is 1. The average Bonchev–Trinajstić information content (AvgIpc) is 2.94. The van der Waals surface area contributed by atoms with Crippen LogP contribution >= 0.6 is 0 Å². The molecule has 4 rings (SSSR count). The van der Waals surface area contributed by atoms with Crippen molar-refractivity contribution in [3.63, 3.8) is 0 Å². The molecule has 1 fully saturated rings. The van der Waals surface area contributed by atoms with Gasteiger partial charge in [-0.2, -0.15) is 0 Å². The van der Waals surface area contributed by atoms with Crippen LogP contribution in [0.3, 0.4) is 0 Å². The smallest absolute Gasteiger partial charge is 0.313 e. The van der Waals surface area contributed by atoms with E-state index in [1.165, 1.54) is 0 Å². The van der Waals surface area contributed by atoms with Crippen molar-refractivity contribution in [2.75, 3.05) is 19.6 Å². The Kier molecular flexibility index (Phi) is 8.16. The van der Waals surface area contributed by atoms with Gasteiger partial charge in [0, 0.05) is 37.2 Å². The van der Waals surface area contributed by atoms with Crippen LogP contribution in [0.4, 0.5) is 0 Å². The molecule has 3 aromatic rings. The number of aliphatic carboxylic acids is 1. The van der Waals surface area contributed by atoms with Gasteiger partial charge in [0.15, 0.2) is 5.78 Å². The van der Waals surface area contributed by atoms with Gasteiger partial charge in [-0.05, 0) is 30.5 Å². The van der Waals surface area contributed by atoms with Gasteiger partial charge in [-0.3, -0.25) is 9.59 Å². The van der Waals surface area contributed by atoms with Crippen molar-refractivity contribution in [1.82, 2.24) is 0 Å². The van der Waals surface area contributed by atoms with Crippen LogP contribution in [0.25, 0.3) is 0 Å². The molecule has 3 aromatic carbocycles. The largest absolute Gasteiger partial charge is 0.633 e. The number of carbonyl (C=O) groups excluding carboxylic acids is 1. The summed E-state index contributed by atoms with van der Waals surface area (Å²) in [4.78, 5) is 24.2. The van der Waals surface area contributed by atoms with Crippen molar-refractivity contribution >= 4 is 11.8 Å². The van der Waals surface area contributed by atoms with Crippen molar-refractivity contribution in [1.29, 1.82) is 0 Å². The van der Waals surface area contributed by atoms with Crippen molar-refractivity contribution in [2.45, 2.75) is 50.5 Å². The molecule has 6 nitrogen and oxygen atoms in total. The lowest BCUT2D eigenvalue weighted by Crippen LogP contribution is -2.52. The molecule has 0 spiro atoms. The molecule has 200 valence electrons. The molecule has 0 atom stereocenters. The van der Waals surface area contributed by atoms with Crippen molar-refractivity contribution < 1.29 is 24.4 Å². The topological polar surface area (TPSA) is 97.7 Å². The van der Waals surface area contributed by atoms with Gasteiger partial charge in [0.2, 0.25) is 0 Å². The minimum Gasteiger partial charge on any atom is -0.633 e. The summed E-state index contributed by atoms with van der Waals surface area (Å²) in [6.07, 6.45) is 1.94. The third-order valence-electron chi connectivity index (χ3n) is 8.22. The molecule has 0 bridgehead atoms.